The molecule has 1 heterocycles. The normalized spacial score (nSPS) is 23.6. The first kappa shape index (κ1) is 12.1. The number of ether oxygens (including phenoxy) is 1. The van der Waals surface area contributed by atoms with Gasteiger partial charge in [-0.2, -0.15) is 0 Å². The third-order valence-corrected chi connectivity index (χ3v) is 3.12. The molecule has 1 aromatic rings. The molecule has 0 radical (unpaired) electrons. The van der Waals surface area contributed by atoms with Crippen LogP contribution in [0.5, 0.6) is 0 Å². The highest BCUT2D eigenvalue weighted by Gasteiger charge is 2.29. The summed E-state index contributed by atoms with van der Waals surface area (Å²) in [7, 11) is 0. The second kappa shape index (κ2) is 5.29. The number of rotatable bonds is 3. The van der Waals surface area contributed by atoms with Gasteiger partial charge in [0.2, 0.25) is 5.91 Å². The summed E-state index contributed by atoms with van der Waals surface area (Å²) in [5.74, 6) is -0.00162. The Morgan fingerprint density at radius 3 is 2.94 bits per heavy atom. The summed E-state index contributed by atoms with van der Waals surface area (Å²) in [6.07, 6.45) is -0.0631. The Balaban J connectivity index is 1.90. The number of nitrogens with one attached hydrogen (secondary N) is 2. The van der Waals surface area contributed by atoms with Crippen molar-refractivity contribution in [2.24, 2.45) is 0 Å². The number of hydrogen-bond donors (Lipinski definition) is 2. The standard InChI is InChI=1S/C13H18N2O2/c1-9-5-3-4-6-11(9)7-14-13(16)12-10(2)17-8-15-12/h3-6,10,12,15H,7-8H2,1-2H3,(H,14,16). The molecule has 2 unspecified atom stereocenters. The summed E-state index contributed by atoms with van der Waals surface area (Å²) < 4.78 is 5.29. The molecular weight excluding hydrogens is 216 g/mol. The predicted octanol–water partition coefficient (Wildman–Crippen LogP) is 0.946. The zero-order valence-electron chi connectivity index (χ0n) is 10.2. The quantitative estimate of drug-likeness (QED) is 0.818. The van der Waals surface area contributed by atoms with Crippen molar-refractivity contribution in [3.05, 3.63) is 35.4 Å². The lowest BCUT2D eigenvalue weighted by atomic mass is 10.1. The Kier molecular flexibility index (Phi) is 3.76. The minimum atomic E-state index is -0.237. The van der Waals surface area contributed by atoms with E-state index >= 15 is 0 Å². The smallest absolute Gasteiger partial charge is 0.240 e. The van der Waals surface area contributed by atoms with Crippen LogP contribution in [0.15, 0.2) is 24.3 Å². The van der Waals surface area contributed by atoms with Crippen molar-refractivity contribution in [3.8, 4) is 0 Å². The van der Waals surface area contributed by atoms with Gasteiger partial charge in [-0.1, -0.05) is 24.3 Å². The van der Waals surface area contributed by atoms with E-state index in [1.54, 1.807) is 0 Å². The number of carbonyl (C=O) groups is 1. The molecule has 4 nitrogen and oxygen atoms in total. The highest BCUT2D eigenvalue weighted by molar-refractivity contribution is 5.82. The van der Waals surface area contributed by atoms with Crippen molar-refractivity contribution in [2.75, 3.05) is 6.73 Å². The van der Waals surface area contributed by atoms with Crippen LogP contribution in [0.2, 0.25) is 0 Å². The molecule has 1 aliphatic rings. The van der Waals surface area contributed by atoms with Crippen LogP contribution < -0.4 is 10.6 Å². The molecule has 4 heteroatoms. The molecule has 0 spiro atoms. The van der Waals surface area contributed by atoms with Gasteiger partial charge in [0.25, 0.3) is 0 Å². The lowest BCUT2D eigenvalue weighted by Gasteiger charge is -2.14. The van der Waals surface area contributed by atoms with E-state index in [4.69, 9.17) is 4.74 Å². The van der Waals surface area contributed by atoms with Gasteiger partial charge in [0, 0.05) is 6.54 Å². The zero-order valence-corrected chi connectivity index (χ0v) is 10.2. The first-order valence-corrected chi connectivity index (χ1v) is 5.85. The largest absolute Gasteiger partial charge is 0.361 e. The number of carbonyl (C=O) groups excluding carboxylic acids is 1. The van der Waals surface area contributed by atoms with Crippen LogP contribution in [-0.2, 0) is 16.1 Å². The van der Waals surface area contributed by atoms with E-state index in [0.29, 0.717) is 13.3 Å². The molecule has 1 aromatic carbocycles. The van der Waals surface area contributed by atoms with Gasteiger partial charge in [-0.3, -0.25) is 10.1 Å². The third kappa shape index (κ3) is 2.84. The molecule has 2 N–H and O–H groups in total. The van der Waals surface area contributed by atoms with Crippen LogP contribution in [0.25, 0.3) is 0 Å². The van der Waals surface area contributed by atoms with Gasteiger partial charge >= 0.3 is 0 Å². The Hall–Kier alpha value is -1.39. The number of amides is 1. The second-order valence-electron chi connectivity index (χ2n) is 4.34. The Bertz CT molecular complexity index is 406. The lowest BCUT2D eigenvalue weighted by molar-refractivity contribution is -0.123. The summed E-state index contributed by atoms with van der Waals surface area (Å²) in [6, 6.07) is 7.81. The lowest BCUT2D eigenvalue weighted by Crippen LogP contribution is -2.44. The molecule has 92 valence electrons. The van der Waals surface area contributed by atoms with E-state index < -0.39 is 0 Å². The minimum absolute atomic E-state index is 0.00162. The highest BCUT2D eigenvalue weighted by Crippen LogP contribution is 2.08. The molecular formula is C13H18N2O2. The fourth-order valence-corrected chi connectivity index (χ4v) is 1.94. The molecule has 1 saturated heterocycles. The van der Waals surface area contributed by atoms with Crippen molar-refractivity contribution in [1.82, 2.24) is 10.6 Å². The molecule has 1 amide bonds. The average molecular weight is 234 g/mol. The fourth-order valence-electron chi connectivity index (χ4n) is 1.94. The van der Waals surface area contributed by atoms with Gasteiger partial charge in [0.15, 0.2) is 0 Å². The molecule has 1 fully saturated rings. The van der Waals surface area contributed by atoms with Crippen LogP contribution in [0.4, 0.5) is 0 Å². The van der Waals surface area contributed by atoms with E-state index in [-0.39, 0.29) is 18.1 Å². The summed E-state index contributed by atoms with van der Waals surface area (Å²) in [5.41, 5.74) is 2.34. The van der Waals surface area contributed by atoms with Crippen molar-refractivity contribution in [1.29, 1.82) is 0 Å². The highest BCUT2D eigenvalue weighted by atomic mass is 16.5. The maximum Gasteiger partial charge on any atom is 0.240 e. The number of benzene rings is 1. The first-order chi connectivity index (χ1) is 8.18. The van der Waals surface area contributed by atoms with Crippen LogP contribution in [-0.4, -0.2) is 24.8 Å². The van der Waals surface area contributed by atoms with Gasteiger partial charge in [-0.05, 0) is 25.0 Å². The third-order valence-electron chi connectivity index (χ3n) is 3.12. The first-order valence-electron chi connectivity index (χ1n) is 5.85. The van der Waals surface area contributed by atoms with Crippen LogP contribution in [0, 0.1) is 6.92 Å². The molecule has 0 bridgehead atoms. The SMILES string of the molecule is Cc1ccccc1CNC(=O)C1NCOC1C. The van der Waals surface area contributed by atoms with Crippen LogP contribution >= 0.6 is 0 Å². The molecule has 1 aliphatic heterocycles. The minimum Gasteiger partial charge on any atom is -0.361 e. The van der Waals surface area contributed by atoms with Crippen molar-refractivity contribution < 1.29 is 9.53 Å². The fraction of sp³-hybridized carbons (Fsp3) is 0.462. The van der Waals surface area contributed by atoms with Crippen LogP contribution in [0.3, 0.4) is 0 Å². The predicted molar refractivity (Wildman–Crippen MR) is 65.4 cm³/mol. The van der Waals surface area contributed by atoms with Gasteiger partial charge in [-0.15, -0.1) is 0 Å². The van der Waals surface area contributed by atoms with E-state index in [1.807, 2.05) is 38.1 Å². The Morgan fingerprint density at radius 2 is 2.29 bits per heavy atom. The van der Waals surface area contributed by atoms with E-state index in [0.717, 1.165) is 5.56 Å². The molecule has 0 aliphatic carbocycles. The Labute approximate surface area is 101 Å². The summed E-state index contributed by atoms with van der Waals surface area (Å²) >= 11 is 0. The molecule has 2 rings (SSSR count). The molecule has 17 heavy (non-hydrogen) atoms. The zero-order chi connectivity index (χ0) is 12.3. The van der Waals surface area contributed by atoms with Crippen molar-refractivity contribution in [3.63, 3.8) is 0 Å². The second-order valence-corrected chi connectivity index (χ2v) is 4.34. The van der Waals surface area contributed by atoms with Gasteiger partial charge < -0.3 is 10.1 Å². The maximum absolute atomic E-state index is 11.9. The summed E-state index contributed by atoms with van der Waals surface area (Å²) in [6.45, 7) is 4.96. The van der Waals surface area contributed by atoms with Gasteiger partial charge in [-0.25, -0.2) is 0 Å². The van der Waals surface area contributed by atoms with E-state index in [1.165, 1.54) is 5.56 Å². The maximum atomic E-state index is 11.9. The monoisotopic (exact) mass is 234 g/mol. The van der Waals surface area contributed by atoms with Crippen LogP contribution in [0.1, 0.15) is 18.1 Å². The van der Waals surface area contributed by atoms with Gasteiger partial charge in [0.05, 0.1) is 12.8 Å². The van der Waals surface area contributed by atoms with E-state index in [2.05, 4.69) is 10.6 Å². The van der Waals surface area contributed by atoms with Crippen molar-refractivity contribution in [2.45, 2.75) is 32.5 Å². The number of aryl methyl sites for hydroxylation is 1. The Morgan fingerprint density at radius 1 is 1.53 bits per heavy atom. The number of hydrogen-bond acceptors (Lipinski definition) is 3. The topological polar surface area (TPSA) is 50.4 Å². The average Bonchev–Trinajstić information content (AvgIpc) is 2.74. The van der Waals surface area contributed by atoms with Gasteiger partial charge in [0.1, 0.15) is 6.04 Å². The molecule has 0 saturated carbocycles. The summed E-state index contributed by atoms with van der Waals surface area (Å²) in [5, 5.41) is 5.95. The molecule has 2 atom stereocenters. The van der Waals surface area contributed by atoms with E-state index in [9.17, 15) is 4.79 Å². The summed E-state index contributed by atoms with van der Waals surface area (Å²) in [4.78, 5) is 11.9. The molecule has 0 aromatic heterocycles. The van der Waals surface area contributed by atoms with Crippen molar-refractivity contribution >= 4 is 5.91 Å².